The average molecular weight is 209 g/mol. The second-order valence-corrected chi connectivity index (χ2v) is 4.24. The highest BCUT2D eigenvalue weighted by atomic mass is 32.2. The van der Waals surface area contributed by atoms with Crippen LogP contribution in [0.25, 0.3) is 0 Å². The minimum atomic E-state index is -3.80. The maximum absolute atomic E-state index is 10.9. The third-order valence-electron chi connectivity index (χ3n) is 1.45. The SMILES string of the molecule is CCCCN(CC(N)=O)S(N)(=O)=O. The van der Waals surface area contributed by atoms with Gasteiger partial charge in [-0.05, 0) is 6.42 Å². The molecule has 0 aliphatic carbocycles. The van der Waals surface area contributed by atoms with Gasteiger partial charge in [0.25, 0.3) is 10.2 Å². The summed E-state index contributed by atoms with van der Waals surface area (Å²) in [6, 6.07) is 0. The van der Waals surface area contributed by atoms with E-state index in [1.165, 1.54) is 0 Å². The lowest BCUT2D eigenvalue weighted by molar-refractivity contribution is -0.118. The van der Waals surface area contributed by atoms with E-state index in [2.05, 4.69) is 0 Å². The van der Waals surface area contributed by atoms with Gasteiger partial charge in [0.05, 0.1) is 6.54 Å². The minimum Gasteiger partial charge on any atom is -0.369 e. The zero-order valence-electron chi connectivity index (χ0n) is 7.56. The van der Waals surface area contributed by atoms with E-state index in [1.807, 2.05) is 6.92 Å². The highest BCUT2D eigenvalue weighted by Crippen LogP contribution is 1.98. The van der Waals surface area contributed by atoms with E-state index in [9.17, 15) is 13.2 Å². The first-order chi connectivity index (χ1) is 5.88. The number of carbonyl (C=O) groups excluding carboxylic acids is 1. The minimum absolute atomic E-state index is 0.234. The van der Waals surface area contributed by atoms with Gasteiger partial charge in [0.15, 0.2) is 0 Å². The molecule has 0 saturated carbocycles. The summed E-state index contributed by atoms with van der Waals surface area (Å²) in [5.74, 6) is -0.704. The van der Waals surface area contributed by atoms with Crippen LogP contribution in [0, 0.1) is 0 Å². The molecule has 6 nitrogen and oxygen atoms in total. The maximum atomic E-state index is 10.9. The predicted molar refractivity (Wildman–Crippen MR) is 48.8 cm³/mol. The Morgan fingerprint density at radius 1 is 1.46 bits per heavy atom. The van der Waals surface area contributed by atoms with Gasteiger partial charge >= 0.3 is 0 Å². The number of nitrogens with two attached hydrogens (primary N) is 2. The molecule has 0 saturated heterocycles. The largest absolute Gasteiger partial charge is 0.369 e. The number of primary amides is 1. The van der Waals surface area contributed by atoms with E-state index >= 15 is 0 Å². The number of carbonyl (C=O) groups is 1. The Hall–Kier alpha value is -0.660. The molecule has 78 valence electrons. The lowest BCUT2D eigenvalue weighted by Gasteiger charge is -2.16. The van der Waals surface area contributed by atoms with Crippen LogP contribution in [0.15, 0.2) is 0 Å². The van der Waals surface area contributed by atoms with Crippen molar-refractivity contribution in [3.63, 3.8) is 0 Å². The first-order valence-corrected chi connectivity index (χ1v) is 5.44. The lowest BCUT2D eigenvalue weighted by atomic mass is 10.3. The Bertz CT molecular complexity index is 262. The molecule has 0 aromatic rings. The number of unbranched alkanes of at least 4 members (excludes halogenated alkanes) is 1. The molecule has 0 bridgehead atoms. The van der Waals surface area contributed by atoms with Crippen LogP contribution >= 0.6 is 0 Å². The Morgan fingerprint density at radius 2 is 2.00 bits per heavy atom. The van der Waals surface area contributed by atoms with Gasteiger partial charge in [-0.25, -0.2) is 5.14 Å². The van der Waals surface area contributed by atoms with Gasteiger partial charge in [0, 0.05) is 6.54 Å². The summed E-state index contributed by atoms with van der Waals surface area (Å²) in [5.41, 5.74) is 4.86. The zero-order chi connectivity index (χ0) is 10.5. The summed E-state index contributed by atoms with van der Waals surface area (Å²) in [6.45, 7) is 1.79. The van der Waals surface area contributed by atoms with Crippen molar-refractivity contribution in [3.05, 3.63) is 0 Å². The molecule has 0 rings (SSSR count). The van der Waals surface area contributed by atoms with Crippen molar-refractivity contribution >= 4 is 16.1 Å². The monoisotopic (exact) mass is 209 g/mol. The Morgan fingerprint density at radius 3 is 2.31 bits per heavy atom. The fraction of sp³-hybridized carbons (Fsp3) is 0.833. The van der Waals surface area contributed by atoms with Crippen LogP contribution in [0.5, 0.6) is 0 Å². The fourth-order valence-corrected chi connectivity index (χ4v) is 1.50. The van der Waals surface area contributed by atoms with E-state index in [1.54, 1.807) is 0 Å². The summed E-state index contributed by atoms with van der Waals surface area (Å²) in [4.78, 5) is 10.5. The van der Waals surface area contributed by atoms with Crippen LogP contribution in [0.1, 0.15) is 19.8 Å². The smallest absolute Gasteiger partial charge is 0.277 e. The molecule has 1 amide bonds. The Labute approximate surface area is 78.1 Å². The van der Waals surface area contributed by atoms with Gasteiger partial charge in [0.1, 0.15) is 0 Å². The van der Waals surface area contributed by atoms with Gasteiger partial charge in [-0.1, -0.05) is 13.3 Å². The van der Waals surface area contributed by atoms with E-state index in [0.29, 0.717) is 6.42 Å². The number of hydrogen-bond donors (Lipinski definition) is 2. The predicted octanol–water partition coefficient (Wildman–Crippen LogP) is -1.22. The van der Waals surface area contributed by atoms with Crippen molar-refractivity contribution in [2.45, 2.75) is 19.8 Å². The number of rotatable bonds is 6. The van der Waals surface area contributed by atoms with E-state index in [-0.39, 0.29) is 13.1 Å². The topological polar surface area (TPSA) is 106 Å². The van der Waals surface area contributed by atoms with Gasteiger partial charge in [0.2, 0.25) is 5.91 Å². The Kier molecular flexibility index (Phi) is 4.89. The molecule has 0 atom stereocenters. The average Bonchev–Trinajstić information content (AvgIpc) is 1.95. The molecular weight excluding hydrogens is 194 g/mol. The van der Waals surface area contributed by atoms with Crippen molar-refractivity contribution in [2.24, 2.45) is 10.9 Å². The van der Waals surface area contributed by atoms with Crippen molar-refractivity contribution in [3.8, 4) is 0 Å². The molecule has 0 aromatic heterocycles. The molecule has 4 N–H and O–H groups in total. The molecule has 0 heterocycles. The highest BCUT2D eigenvalue weighted by Gasteiger charge is 2.18. The molecule has 7 heteroatoms. The van der Waals surface area contributed by atoms with Crippen molar-refractivity contribution in [1.82, 2.24) is 4.31 Å². The van der Waals surface area contributed by atoms with Crippen LogP contribution in [-0.4, -0.2) is 31.7 Å². The molecule has 0 aliphatic rings. The van der Waals surface area contributed by atoms with Crippen molar-refractivity contribution < 1.29 is 13.2 Å². The van der Waals surface area contributed by atoms with E-state index in [4.69, 9.17) is 10.9 Å². The quantitative estimate of drug-likeness (QED) is 0.572. The summed E-state index contributed by atoms with van der Waals surface area (Å²) in [6.07, 6.45) is 1.48. The number of nitrogens with zero attached hydrogens (tertiary/aromatic N) is 1. The van der Waals surface area contributed by atoms with Gasteiger partial charge in [-0.2, -0.15) is 12.7 Å². The second-order valence-electron chi connectivity index (χ2n) is 2.70. The summed E-state index contributed by atoms with van der Waals surface area (Å²) < 4.78 is 22.6. The van der Waals surface area contributed by atoms with Crippen LogP contribution in [0.2, 0.25) is 0 Å². The van der Waals surface area contributed by atoms with Crippen molar-refractivity contribution in [2.75, 3.05) is 13.1 Å². The molecular formula is C6H15N3O3S. The molecule has 0 aliphatic heterocycles. The van der Waals surface area contributed by atoms with E-state index in [0.717, 1.165) is 10.7 Å². The van der Waals surface area contributed by atoms with Crippen LogP contribution < -0.4 is 10.9 Å². The summed E-state index contributed by atoms with van der Waals surface area (Å²) in [5, 5.41) is 4.86. The van der Waals surface area contributed by atoms with Crippen LogP contribution in [-0.2, 0) is 15.0 Å². The van der Waals surface area contributed by atoms with Gasteiger partial charge in [-0.3, -0.25) is 4.79 Å². The third kappa shape index (κ3) is 5.56. The molecule has 0 fully saturated rings. The van der Waals surface area contributed by atoms with Crippen LogP contribution in [0.3, 0.4) is 0 Å². The molecule has 0 aromatic carbocycles. The molecule has 0 spiro atoms. The zero-order valence-corrected chi connectivity index (χ0v) is 8.38. The lowest BCUT2D eigenvalue weighted by Crippen LogP contribution is -2.42. The van der Waals surface area contributed by atoms with Gasteiger partial charge < -0.3 is 5.73 Å². The van der Waals surface area contributed by atoms with E-state index < -0.39 is 16.1 Å². The first kappa shape index (κ1) is 12.3. The fourth-order valence-electron chi connectivity index (χ4n) is 0.805. The summed E-state index contributed by atoms with van der Waals surface area (Å²) in [7, 11) is -3.80. The summed E-state index contributed by atoms with van der Waals surface area (Å²) >= 11 is 0. The highest BCUT2D eigenvalue weighted by molar-refractivity contribution is 7.86. The number of amides is 1. The molecule has 13 heavy (non-hydrogen) atoms. The first-order valence-electron chi connectivity index (χ1n) is 3.94. The standard InChI is InChI=1S/C6H15N3O3S/c1-2-3-4-9(5-6(7)10)13(8,11)12/h2-5H2,1H3,(H2,7,10)(H2,8,11,12). The Balaban J connectivity index is 4.29. The molecule has 0 radical (unpaired) electrons. The van der Waals surface area contributed by atoms with Crippen LogP contribution in [0.4, 0.5) is 0 Å². The third-order valence-corrected chi connectivity index (χ3v) is 2.48. The maximum Gasteiger partial charge on any atom is 0.277 e. The normalized spacial score (nSPS) is 11.9. The second kappa shape index (κ2) is 5.15. The molecule has 0 unspecified atom stereocenters. The van der Waals surface area contributed by atoms with Gasteiger partial charge in [-0.15, -0.1) is 0 Å². The van der Waals surface area contributed by atoms with Crippen molar-refractivity contribution in [1.29, 1.82) is 0 Å². The number of hydrogen-bond acceptors (Lipinski definition) is 3.